The highest BCUT2D eigenvalue weighted by Crippen LogP contribution is 2.26. The summed E-state index contributed by atoms with van der Waals surface area (Å²) in [7, 11) is -1.10. The van der Waals surface area contributed by atoms with E-state index in [1.54, 1.807) is 41.2 Å². The molecule has 0 spiro atoms. The van der Waals surface area contributed by atoms with Crippen LogP contribution in [-0.4, -0.2) is 20.6 Å². The fourth-order valence-electron chi connectivity index (χ4n) is 2.72. The standard InChI is InChI=1S/C20H19BrN3O4P/c1-24-20(15-4-7-17(21)8-5-15)16(12-22-24)6-11-19(25)23-18-9-2-14(3-10-18)13-28-29(26)27/h2-12,29H,13H2,1H3,(H,23,25)(H,26,27). The number of aromatic nitrogens is 2. The van der Waals surface area contributed by atoms with Crippen LogP contribution in [0.25, 0.3) is 17.3 Å². The number of rotatable bonds is 7. The van der Waals surface area contributed by atoms with E-state index in [-0.39, 0.29) is 12.5 Å². The molecule has 0 saturated heterocycles. The molecule has 3 rings (SSSR count). The van der Waals surface area contributed by atoms with Gasteiger partial charge < -0.3 is 14.7 Å². The third-order valence-corrected chi connectivity index (χ3v) is 5.00. The van der Waals surface area contributed by atoms with Crippen molar-refractivity contribution in [2.45, 2.75) is 6.61 Å². The molecule has 9 heteroatoms. The molecule has 1 aromatic heterocycles. The van der Waals surface area contributed by atoms with Crippen LogP contribution in [0.1, 0.15) is 11.1 Å². The zero-order valence-electron chi connectivity index (χ0n) is 15.5. The van der Waals surface area contributed by atoms with E-state index in [1.165, 1.54) is 6.08 Å². The summed E-state index contributed by atoms with van der Waals surface area (Å²) < 4.78 is 18.0. The van der Waals surface area contributed by atoms with Gasteiger partial charge in [-0.05, 0) is 35.9 Å². The molecule has 1 atom stereocenters. The first-order chi connectivity index (χ1) is 13.9. The molecule has 1 heterocycles. The normalized spacial score (nSPS) is 12.2. The maximum Gasteiger partial charge on any atom is 0.316 e. The van der Waals surface area contributed by atoms with Crippen molar-refractivity contribution >= 4 is 41.9 Å². The molecule has 0 saturated carbocycles. The number of nitrogens with one attached hydrogen (secondary N) is 1. The number of aryl methyl sites for hydroxylation is 1. The Morgan fingerprint density at radius 2 is 1.93 bits per heavy atom. The predicted molar refractivity (Wildman–Crippen MR) is 116 cm³/mol. The summed E-state index contributed by atoms with van der Waals surface area (Å²) in [6.07, 6.45) is 4.89. The molecule has 0 radical (unpaired) electrons. The summed E-state index contributed by atoms with van der Waals surface area (Å²) >= 11 is 3.43. The van der Waals surface area contributed by atoms with Crippen LogP contribution in [0.4, 0.5) is 5.69 Å². The second kappa shape index (κ2) is 9.80. The molecule has 0 bridgehead atoms. The van der Waals surface area contributed by atoms with Crippen molar-refractivity contribution in [2.24, 2.45) is 7.05 Å². The average molecular weight is 476 g/mol. The van der Waals surface area contributed by atoms with Gasteiger partial charge in [-0.3, -0.25) is 14.0 Å². The minimum atomic E-state index is -2.96. The van der Waals surface area contributed by atoms with E-state index in [1.807, 2.05) is 31.3 Å². The van der Waals surface area contributed by atoms with Crippen molar-refractivity contribution in [1.29, 1.82) is 0 Å². The molecule has 29 heavy (non-hydrogen) atoms. The topological polar surface area (TPSA) is 93.5 Å². The van der Waals surface area contributed by atoms with E-state index < -0.39 is 8.25 Å². The van der Waals surface area contributed by atoms with Crippen molar-refractivity contribution in [1.82, 2.24) is 9.78 Å². The third-order valence-electron chi connectivity index (χ3n) is 4.08. The van der Waals surface area contributed by atoms with Crippen LogP contribution in [0.3, 0.4) is 0 Å². The molecule has 1 amide bonds. The number of carbonyl (C=O) groups excluding carboxylic acids is 1. The van der Waals surface area contributed by atoms with Gasteiger partial charge in [0.1, 0.15) is 0 Å². The molecule has 2 aromatic carbocycles. The SMILES string of the molecule is Cn1ncc(C=CC(=O)Nc2ccc(CO[PH](=O)O)cc2)c1-c1ccc(Br)cc1. The van der Waals surface area contributed by atoms with Gasteiger partial charge in [-0.1, -0.05) is 40.2 Å². The van der Waals surface area contributed by atoms with E-state index in [4.69, 9.17) is 4.89 Å². The maximum atomic E-state index is 12.3. The Bertz CT molecular complexity index is 1050. The second-order valence-corrected chi connectivity index (χ2v) is 7.89. The number of halogens is 1. The first-order valence-electron chi connectivity index (χ1n) is 8.64. The van der Waals surface area contributed by atoms with Crippen LogP contribution >= 0.6 is 24.2 Å². The van der Waals surface area contributed by atoms with Crippen LogP contribution in [0.15, 0.2) is 65.3 Å². The minimum absolute atomic E-state index is 0.0439. The van der Waals surface area contributed by atoms with Crippen LogP contribution < -0.4 is 5.32 Å². The molecular weight excluding hydrogens is 457 g/mol. The molecule has 2 N–H and O–H groups in total. The first-order valence-corrected chi connectivity index (χ1v) is 10.7. The highest BCUT2D eigenvalue weighted by atomic mass is 79.9. The fraction of sp³-hybridized carbons (Fsp3) is 0.100. The van der Waals surface area contributed by atoms with Crippen LogP contribution in [0, 0.1) is 0 Å². The number of hydrogen-bond acceptors (Lipinski definition) is 4. The second-order valence-electron chi connectivity index (χ2n) is 6.15. The van der Waals surface area contributed by atoms with Crippen molar-refractivity contribution < 1.29 is 18.8 Å². The summed E-state index contributed by atoms with van der Waals surface area (Å²) in [6.45, 7) is 0.0439. The number of benzene rings is 2. The van der Waals surface area contributed by atoms with Crippen molar-refractivity contribution in [3.8, 4) is 11.3 Å². The monoisotopic (exact) mass is 475 g/mol. The van der Waals surface area contributed by atoms with Gasteiger partial charge in [-0.15, -0.1) is 0 Å². The van der Waals surface area contributed by atoms with Crippen molar-refractivity contribution in [3.05, 3.63) is 76.4 Å². The molecule has 0 aliphatic rings. The molecule has 150 valence electrons. The third kappa shape index (κ3) is 5.98. The lowest BCUT2D eigenvalue weighted by Crippen LogP contribution is -2.07. The predicted octanol–water partition coefficient (Wildman–Crippen LogP) is 4.40. The summed E-state index contributed by atoms with van der Waals surface area (Å²) in [5.41, 5.74) is 4.09. The van der Waals surface area contributed by atoms with Crippen molar-refractivity contribution in [3.63, 3.8) is 0 Å². The summed E-state index contributed by atoms with van der Waals surface area (Å²) in [4.78, 5) is 21.0. The van der Waals surface area contributed by atoms with Gasteiger partial charge in [0.2, 0.25) is 5.91 Å². The van der Waals surface area contributed by atoms with E-state index in [0.717, 1.165) is 26.9 Å². The number of hydrogen-bond donors (Lipinski definition) is 2. The Hall–Kier alpha value is -2.51. The largest absolute Gasteiger partial charge is 0.326 e. The lowest BCUT2D eigenvalue weighted by molar-refractivity contribution is -0.111. The highest BCUT2D eigenvalue weighted by Gasteiger charge is 2.09. The maximum absolute atomic E-state index is 12.3. The zero-order valence-corrected chi connectivity index (χ0v) is 18.1. The Kier molecular flexibility index (Phi) is 7.17. The summed E-state index contributed by atoms with van der Waals surface area (Å²) in [5, 5.41) is 7.06. The summed E-state index contributed by atoms with van der Waals surface area (Å²) in [5.74, 6) is -0.278. The quantitative estimate of drug-likeness (QED) is 0.390. The van der Waals surface area contributed by atoms with Gasteiger partial charge in [0, 0.05) is 34.4 Å². The van der Waals surface area contributed by atoms with E-state index in [2.05, 4.69) is 30.9 Å². The number of nitrogens with zero attached hydrogens (tertiary/aromatic N) is 2. The van der Waals surface area contributed by atoms with Crippen LogP contribution in [-0.2, 0) is 27.5 Å². The molecular formula is C20H19BrN3O4P. The van der Waals surface area contributed by atoms with Gasteiger partial charge in [0.15, 0.2) is 0 Å². The number of anilines is 1. The van der Waals surface area contributed by atoms with Crippen LogP contribution in [0.2, 0.25) is 0 Å². The average Bonchev–Trinajstić information content (AvgIpc) is 3.07. The minimum Gasteiger partial charge on any atom is -0.326 e. The Morgan fingerprint density at radius 1 is 1.24 bits per heavy atom. The zero-order chi connectivity index (χ0) is 20.8. The Labute approximate surface area is 177 Å². The van der Waals surface area contributed by atoms with Crippen LogP contribution in [0.5, 0.6) is 0 Å². The first kappa shape index (κ1) is 21.2. The Morgan fingerprint density at radius 3 is 2.59 bits per heavy atom. The lowest BCUT2D eigenvalue weighted by Gasteiger charge is -2.05. The molecule has 0 aliphatic heterocycles. The molecule has 0 aliphatic carbocycles. The molecule has 7 nitrogen and oxygen atoms in total. The van der Waals surface area contributed by atoms with Gasteiger partial charge in [0.25, 0.3) is 0 Å². The van der Waals surface area contributed by atoms with Gasteiger partial charge in [-0.25, -0.2) is 0 Å². The van der Waals surface area contributed by atoms with Gasteiger partial charge in [0.05, 0.1) is 18.5 Å². The smallest absolute Gasteiger partial charge is 0.316 e. The molecule has 3 aromatic rings. The van der Waals surface area contributed by atoms with E-state index >= 15 is 0 Å². The number of carbonyl (C=O) groups is 1. The van der Waals surface area contributed by atoms with Gasteiger partial charge in [-0.2, -0.15) is 5.10 Å². The number of amides is 1. The fourth-order valence-corrected chi connectivity index (χ4v) is 3.27. The molecule has 0 fully saturated rings. The highest BCUT2D eigenvalue weighted by molar-refractivity contribution is 9.10. The molecule has 1 unspecified atom stereocenters. The van der Waals surface area contributed by atoms with E-state index in [0.29, 0.717) is 5.69 Å². The van der Waals surface area contributed by atoms with Gasteiger partial charge >= 0.3 is 8.25 Å². The lowest BCUT2D eigenvalue weighted by atomic mass is 10.1. The van der Waals surface area contributed by atoms with Crippen molar-refractivity contribution in [2.75, 3.05) is 5.32 Å². The van der Waals surface area contributed by atoms with E-state index in [9.17, 15) is 9.36 Å². The Balaban J connectivity index is 1.67. The summed E-state index contributed by atoms with van der Waals surface area (Å²) in [6, 6.07) is 14.7.